The van der Waals surface area contributed by atoms with Crippen molar-refractivity contribution in [2.45, 2.75) is 76.5 Å². The normalized spacial score (nSPS) is 18.5. The van der Waals surface area contributed by atoms with Crippen molar-refractivity contribution in [1.29, 1.82) is 0 Å². The standard InChI is InChI=1S/C42H54N9O3P/c1-31(2)51(32(3)4)55(52-25-17-24-43-5)53-27-37-36(26-38(54-37)50-30-46-39-40(47-29-49(6)7)44-28-45-41(39)50)48-42(33-18-11-8-12-19-33,34-20-13-9-14-21-34)35-22-15-10-16-23-35/h8-16,18-24,28-32,36-38,48H,17,25-27H2,1-7H3. The van der Waals surface area contributed by atoms with Crippen molar-refractivity contribution in [3.63, 3.8) is 0 Å². The lowest BCUT2D eigenvalue weighted by Gasteiger charge is -2.40. The van der Waals surface area contributed by atoms with Crippen molar-refractivity contribution in [2.75, 3.05) is 34.4 Å². The zero-order valence-corrected chi connectivity index (χ0v) is 33.8. The number of ether oxygens (including phenoxy) is 1. The third-order valence-electron chi connectivity index (χ3n) is 9.55. The predicted molar refractivity (Wildman–Crippen MR) is 222 cm³/mol. The van der Waals surface area contributed by atoms with Crippen LogP contribution in [0.1, 0.15) is 63.5 Å². The number of benzene rings is 3. The SMILES string of the molecule is CN=CCCOP(OCC1OC(n2cnc3c(N=CN(C)C)ncnc32)CC1NC(c1ccccc1)(c1ccccc1)c1ccccc1)N(C(C)C)C(C)C. The monoisotopic (exact) mass is 763 g/mol. The molecule has 0 aliphatic carbocycles. The molecule has 13 heteroatoms. The van der Waals surface area contributed by atoms with E-state index in [2.05, 4.69) is 149 Å². The van der Waals surface area contributed by atoms with Gasteiger partial charge >= 0.3 is 0 Å². The van der Waals surface area contributed by atoms with Crippen molar-refractivity contribution in [3.05, 3.63) is 120 Å². The second-order valence-electron chi connectivity index (χ2n) is 14.4. The third-order valence-corrected chi connectivity index (χ3v) is 11.6. The molecule has 4 unspecified atom stereocenters. The van der Waals surface area contributed by atoms with Gasteiger partial charge in [-0.1, -0.05) is 91.0 Å². The molecule has 0 amide bonds. The molecule has 1 aliphatic rings. The summed E-state index contributed by atoms with van der Waals surface area (Å²) < 4.78 is 24.7. The number of rotatable bonds is 18. The Hall–Kier alpha value is -4.42. The smallest absolute Gasteiger partial charge is 0.259 e. The highest BCUT2D eigenvalue weighted by molar-refractivity contribution is 7.44. The maximum absolute atomic E-state index is 7.06. The summed E-state index contributed by atoms with van der Waals surface area (Å²) >= 11 is 0. The van der Waals surface area contributed by atoms with Crippen LogP contribution in [-0.4, -0.2) is 100 Å². The van der Waals surface area contributed by atoms with Crippen LogP contribution in [0, 0.1) is 0 Å². The van der Waals surface area contributed by atoms with Gasteiger partial charge in [-0.3, -0.25) is 9.88 Å². The summed E-state index contributed by atoms with van der Waals surface area (Å²) in [6.45, 7) is 9.52. The Morgan fingerprint density at radius 1 is 0.891 bits per heavy atom. The minimum atomic E-state index is -1.42. The molecule has 1 fully saturated rings. The number of hydrogen-bond acceptors (Lipinski definition) is 10. The molecule has 0 saturated carbocycles. The minimum Gasteiger partial charge on any atom is -0.369 e. The molecule has 2 aromatic heterocycles. The van der Waals surface area contributed by atoms with Crippen LogP contribution in [0.2, 0.25) is 0 Å². The number of aliphatic imine (C=N–C) groups is 2. The van der Waals surface area contributed by atoms with Gasteiger partial charge in [-0.2, -0.15) is 0 Å². The molecule has 1 saturated heterocycles. The first-order valence-corrected chi connectivity index (χ1v) is 20.1. The van der Waals surface area contributed by atoms with Crippen molar-refractivity contribution in [3.8, 4) is 0 Å². The molecule has 12 nitrogen and oxygen atoms in total. The molecule has 0 bridgehead atoms. The first kappa shape index (κ1) is 40.2. The van der Waals surface area contributed by atoms with E-state index in [1.54, 1.807) is 19.7 Å². The zero-order valence-electron chi connectivity index (χ0n) is 32.9. The highest BCUT2D eigenvalue weighted by Gasteiger charge is 2.45. The molecular weight excluding hydrogens is 709 g/mol. The summed E-state index contributed by atoms with van der Waals surface area (Å²) in [5.41, 5.74) is 3.90. The van der Waals surface area contributed by atoms with E-state index in [-0.39, 0.29) is 24.2 Å². The van der Waals surface area contributed by atoms with E-state index in [1.807, 2.05) is 29.8 Å². The summed E-state index contributed by atoms with van der Waals surface area (Å²) in [5, 5.41) is 4.21. The van der Waals surface area contributed by atoms with Gasteiger partial charge in [0.1, 0.15) is 12.6 Å². The Kier molecular flexibility index (Phi) is 13.9. The number of nitrogens with zero attached hydrogens (tertiary/aromatic N) is 8. The number of aromatic nitrogens is 4. The van der Waals surface area contributed by atoms with Gasteiger partial charge < -0.3 is 23.7 Å². The molecular formula is C42H54N9O3P. The fourth-order valence-electron chi connectivity index (χ4n) is 7.21. The Labute approximate surface area is 326 Å². The molecule has 1 N–H and O–H groups in total. The van der Waals surface area contributed by atoms with Gasteiger partial charge in [-0.05, 0) is 44.4 Å². The number of nitrogens with one attached hydrogen (secondary N) is 1. The van der Waals surface area contributed by atoms with Crippen LogP contribution >= 0.6 is 8.53 Å². The van der Waals surface area contributed by atoms with Gasteiger partial charge in [-0.15, -0.1) is 0 Å². The molecule has 3 aromatic carbocycles. The molecule has 290 valence electrons. The van der Waals surface area contributed by atoms with Crippen LogP contribution in [0.15, 0.2) is 114 Å². The van der Waals surface area contributed by atoms with E-state index in [4.69, 9.17) is 18.8 Å². The van der Waals surface area contributed by atoms with Gasteiger partial charge in [-0.25, -0.2) is 24.6 Å². The lowest BCUT2D eigenvalue weighted by molar-refractivity contribution is -0.0242. The fourth-order valence-corrected chi connectivity index (χ4v) is 8.84. The Balaban J connectivity index is 1.42. The molecule has 4 atom stereocenters. The topological polar surface area (TPSA) is 115 Å². The molecule has 5 aromatic rings. The van der Waals surface area contributed by atoms with Crippen LogP contribution < -0.4 is 5.32 Å². The molecule has 6 rings (SSSR count). The average Bonchev–Trinajstić information content (AvgIpc) is 3.81. The van der Waals surface area contributed by atoms with Crippen LogP contribution in [0.25, 0.3) is 11.2 Å². The lowest BCUT2D eigenvalue weighted by Crippen LogP contribution is -2.53. The molecule has 1 aliphatic heterocycles. The van der Waals surface area contributed by atoms with Crippen LogP contribution in [0.4, 0.5) is 5.82 Å². The predicted octanol–water partition coefficient (Wildman–Crippen LogP) is 7.76. The van der Waals surface area contributed by atoms with Gasteiger partial charge in [0.05, 0.1) is 37.5 Å². The van der Waals surface area contributed by atoms with Crippen molar-refractivity contribution >= 4 is 38.1 Å². The van der Waals surface area contributed by atoms with E-state index < -0.39 is 20.3 Å². The second kappa shape index (κ2) is 18.9. The fraction of sp³-hybridized carbons (Fsp3) is 0.405. The van der Waals surface area contributed by atoms with Crippen LogP contribution in [-0.2, 0) is 19.3 Å². The quantitative estimate of drug-likeness (QED) is 0.0315. The first-order chi connectivity index (χ1) is 26.7. The zero-order chi connectivity index (χ0) is 38.8. The van der Waals surface area contributed by atoms with Crippen molar-refractivity contribution in [2.24, 2.45) is 9.98 Å². The van der Waals surface area contributed by atoms with Gasteiger partial charge in [0.25, 0.3) is 8.53 Å². The van der Waals surface area contributed by atoms with Crippen LogP contribution in [0.5, 0.6) is 0 Å². The van der Waals surface area contributed by atoms with E-state index in [9.17, 15) is 0 Å². The Bertz CT molecular complexity index is 1870. The molecule has 55 heavy (non-hydrogen) atoms. The largest absolute Gasteiger partial charge is 0.369 e. The summed E-state index contributed by atoms with van der Waals surface area (Å²) in [4.78, 5) is 24.4. The lowest BCUT2D eigenvalue weighted by atomic mass is 9.76. The highest BCUT2D eigenvalue weighted by atomic mass is 31.2. The van der Waals surface area contributed by atoms with E-state index in [0.717, 1.165) is 16.7 Å². The second-order valence-corrected chi connectivity index (χ2v) is 15.8. The van der Waals surface area contributed by atoms with Crippen LogP contribution in [0.3, 0.4) is 0 Å². The summed E-state index contributed by atoms with van der Waals surface area (Å²) in [6, 6.07) is 32.1. The van der Waals surface area contributed by atoms with E-state index in [1.165, 1.54) is 6.33 Å². The molecule has 0 radical (unpaired) electrons. The Morgan fingerprint density at radius 2 is 1.49 bits per heavy atom. The number of imidazole rings is 1. The summed E-state index contributed by atoms with van der Waals surface area (Å²) in [5.74, 6) is 0.500. The first-order valence-electron chi connectivity index (χ1n) is 19.0. The van der Waals surface area contributed by atoms with Gasteiger partial charge in [0.15, 0.2) is 17.0 Å². The number of hydrogen-bond donors (Lipinski definition) is 1. The third kappa shape index (κ3) is 9.35. The molecule has 0 spiro atoms. The summed E-state index contributed by atoms with van der Waals surface area (Å²) in [6.07, 6.45) is 7.43. The maximum atomic E-state index is 7.06. The van der Waals surface area contributed by atoms with E-state index >= 15 is 0 Å². The van der Waals surface area contributed by atoms with Gasteiger partial charge in [0.2, 0.25) is 0 Å². The Morgan fingerprint density at radius 3 is 2.04 bits per heavy atom. The summed E-state index contributed by atoms with van der Waals surface area (Å²) in [7, 11) is 4.20. The van der Waals surface area contributed by atoms with Crippen molar-refractivity contribution in [1.82, 2.24) is 34.4 Å². The van der Waals surface area contributed by atoms with E-state index in [0.29, 0.717) is 43.0 Å². The highest BCUT2D eigenvalue weighted by Crippen LogP contribution is 2.47. The average molecular weight is 764 g/mol. The van der Waals surface area contributed by atoms with Crippen molar-refractivity contribution < 1.29 is 13.8 Å². The maximum Gasteiger partial charge on any atom is 0.259 e. The number of fused-ring (bicyclic) bond motifs is 1. The van der Waals surface area contributed by atoms with Gasteiger partial charge in [0, 0.05) is 58.3 Å². The molecule has 3 heterocycles. The minimum absolute atomic E-state index is 0.188.